The third-order valence-corrected chi connectivity index (χ3v) is 16.7. The van der Waals surface area contributed by atoms with Crippen molar-refractivity contribution >= 4 is 114 Å². The van der Waals surface area contributed by atoms with Gasteiger partial charge in [0.25, 0.3) is 11.8 Å². The minimum absolute atomic E-state index is 0.0752. The highest BCUT2D eigenvalue weighted by atomic mass is 32.5. The van der Waals surface area contributed by atoms with Crippen LogP contribution in [0.2, 0.25) is 0 Å². The van der Waals surface area contributed by atoms with Gasteiger partial charge in [0.05, 0.1) is 24.9 Å². The second-order valence-corrected chi connectivity index (χ2v) is 25.3. The standard InChI is InChI=1S/C52H62F2N16O19P2S/c1-26(2)38(65-33(71)14-17-68-34(72)11-12-35(68)73)47(75)64-30(6-4-5-15-57-50(56)76)46(74)63-28-9-7-27(8-10-28)20-83-52(78)67(3)18-19-82-51(77)66-43-39-45(61-24-59-43)70(25-62-39)49-37(54)41-31(87-49)21-84-90(79,80)88-40-32(22-85-91(81,92)89-41)86-48(36(40)53)69-16-13-29-42(55)58-23-60-44(29)69/h7-13,16,22-26,30-31,36-38,40-41,48-49H,4-6,14-15,17-21H2,1-3H3,(H,63,74)(H,64,75)(H,65,71)(H,79,80)(H,81,92)(H2,55,58,60)(H3,56,57,76)(H,59,61,66,77)/b32-22-/t30-,31+,36+,37+,38-,40+,41+,48+,49+,91?/m0/s1. The van der Waals surface area contributed by atoms with Gasteiger partial charge in [-0.1, -0.05) is 26.0 Å². The zero-order chi connectivity index (χ0) is 66.2. The summed E-state index contributed by atoms with van der Waals surface area (Å²) >= 11 is 5.18. The SMILES string of the molecule is CC(C)[C@H](NC(=O)CCN1C(=O)C=CC1=O)C(=O)N[C@@H](CCCCNC(N)=O)C(=O)Nc1ccc(COC(=O)N(C)CCOC(=O)Nc2ncnc3c2ncn3[C@@H]2O[C@@H]3COP(=O)(O)O[C@@H]4/C(=C/OP(O)(=S)O[C@H]3[C@H]2F)O[C@@H](n2ccc3c(N)ncnc32)[C@@H]4F)cc1. The van der Waals surface area contributed by atoms with E-state index in [1.165, 1.54) is 36.0 Å². The molecule has 0 saturated carbocycles. The quantitative estimate of drug-likeness (QED) is 0.0273. The van der Waals surface area contributed by atoms with E-state index in [2.05, 4.69) is 51.5 Å². The molecule has 9 rings (SSSR count). The highest BCUT2D eigenvalue weighted by molar-refractivity contribution is 8.07. The molecular weight excluding hydrogens is 1280 g/mol. The van der Waals surface area contributed by atoms with Crippen molar-refractivity contribution < 1.29 is 98.5 Å². The Kier molecular flexibility index (Phi) is 21.4. The van der Waals surface area contributed by atoms with Crippen LogP contribution in [0.5, 0.6) is 0 Å². The van der Waals surface area contributed by atoms with Crippen molar-refractivity contribution in [2.45, 2.75) is 101 Å². The lowest BCUT2D eigenvalue weighted by Crippen LogP contribution is -2.54. The van der Waals surface area contributed by atoms with E-state index < -0.39 is 136 Å². The predicted molar refractivity (Wildman–Crippen MR) is 316 cm³/mol. The Labute approximate surface area is 524 Å². The van der Waals surface area contributed by atoms with Crippen LogP contribution in [-0.2, 0) is 84.0 Å². The van der Waals surface area contributed by atoms with E-state index in [0.29, 0.717) is 35.7 Å². The number of aromatic nitrogens is 7. The van der Waals surface area contributed by atoms with Gasteiger partial charge < -0.3 is 70.9 Å². The number of phosphoric acid groups is 1. The Balaban J connectivity index is 0.743. The molecule has 9 amide bonds. The van der Waals surface area contributed by atoms with Crippen LogP contribution in [0.15, 0.2) is 79.7 Å². The number of carbonyl (C=O) groups excluding carboxylic acids is 8. The number of imidazole rings is 1. The van der Waals surface area contributed by atoms with Gasteiger partial charge in [-0.05, 0) is 48.9 Å². The van der Waals surface area contributed by atoms with Gasteiger partial charge >= 0.3 is 32.8 Å². The molecule has 11 atom stereocenters. The van der Waals surface area contributed by atoms with Crippen LogP contribution in [-0.4, -0.2) is 184 Å². The van der Waals surface area contributed by atoms with E-state index in [1.807, 2.05) is 0 Å². The van der Waals surface area contributed by atoms with Crippen LogP contribution in [0.4, 0.5) is 40.5 Å². The number of hydrogen-bond acceptors (Lipinski definition) is 24. The van der Waals surface area contributed by atoms with Gasteiger partial charge in [0, 0.05) is 62.4 Å². The van der Waals surface area contributed by atoms with Crippen LogP contribution >= 0.6 is 14.5 Å². The number of likely N-dealkylation sites (N-methyl/N-ethyl adjacent to an activating group) is 1. The molecular formula is C52H62F2N16O19P2S. The van der Waals surface area contributed by atoms with Crippen LogP contribution in [0.3, 0.4) is 0 Å². The number of ether oxygens (including phenoxy) is 4. The van der Waals surface area contributed by atoms with Crippen molar-refractivity contribution in [3.63, 3.8) is 0 Å². The first-order chi connectivity index (χ1) is 43.8. The molecule has 2 saturated heterocycles. The third-order valence-electron chi connectivity index (χ3n) is 14.4. The summed E-state index contributed by atoms with van der Waals surface area (Å²) in [6, 6.07) is 4.73. The van der Waals surface area contributed by atoms with Crippen molar-refractivity contribution in [3.8, 4) is 0 Å². The van der Waals surface area contributed by atoms with Gasteiger partial charge in [0.1, 0.15) is 67.9 Å². The number of amides is 9. The fraction of sp³-hybridized carbons (Fsp3) is 0.442. The largest absolute Gasteiger partial charge is 0.473 e. The van der Waals surface area contributed by atoms with Crippen molar-refractivity contribution in [2.75, 3.05) is 56.3 Å². The highest BCUT2D eigenvalue weighted by Crippen LogP contribution is 2.55. The van der Waals surface area contributed by atoms with Gasteiger partial charge in [-0.15, -0.1) is 0 Å². The van der Waals surface area contributed by atoms with E-state index in [4.69, 9.17) is 60.3 Å². The normalized spacial score (nSPS) is 25.0. The summed E-state index contributed by atoms with van der Waals surface area (Å²) in [6.07, 6.45) is -7.23. The zero-order valence-electron chi connectivity index (χ0n) is 48.8. The van der Waals surface area contributed by atoms with Gasteiger partial charge in [0.2, 0.25) is 23.9 Å². The summed E-state index contributed by atoms with van der Waals surface area (Å²) in [7, 11) is -3.89. The summed E-state index contributed by atoms with van der Waals surface area (Å²) < 4.78 is 92.1. The van der Waals surface area contributed by atoms with Gasteiger partial charge in [-0.3, -0.25) is 56.9 Å². The number of hydrogen-bond donors (Lipinski definition) is 9. The zero-order valence-corrected chi connectivity index (χ0v) is 51.5. The number of carbonyl (C=O) groups is 8. The topological polar surface area (TPSA) is 461 Å². The van der Waals surface area contributed by atoms with Crippen LogP contribution in [0, 0.1) is 5.92 Å². The van der Waals surface area contributed by atoms with E-state index in [-0.39, 0.29) is 74.1 Å². The van der Waals surface area contributed by atoms with Crippen LogP contribution < -0.4 is 38.1 Å². The number of imide groups is 1. The van der Waals surface area contributed by atoms with Crippen molar-refractivity contribution in [2.24, 2.45) is 11.7 Å². The Morgan fingerprint density at radius 3 is 2.35 bits per heavy atom. The summed E-state index contributed by atoms with van der Waals surface area (Å²) in [6.45, 7) is -2.88. The van der Waals surface area contributed by atoms with E-state index in [9.17, 15) is 52.7 Å². The Morgan fingerprint density at radius 1 is 0.891 bits per heavy atom. The van der Waals surface area contributed by atoms with Gasteiger partial charge in [-0.25, -0.2) is 52.6 Å². The fourth-order valence-electron chi connectivity index (χ4n) is 9.66. The molecule has 0 spiro atoms. The first-order valence-corrected chi connectivity index (χ1v) is 32.1. The second kappa shape index (κ2) is 29.2. The average Bonchev–Trinajstić information content (AvgIpc) is 1.64. The third kappa shape index (κ3) is 16.4. The molecule has 1 aromatic carbocycles. The molecule has 0 bridgehead atoms. The molecule has 8 heterocycles. The van der Waals surface area contributed by atoms with E-state index in [0.717, 1.165) is 45.5 Å². The molecule has 92 heavy (non-hydrogen) atoms. The predicted octanol–water partition coefficient (Wildman–Crippen LogP) is 2.47. The Morgan fingerprint density at radius 2 is 1.62 bits per heavy atom. The fourth-order valence-corrected chi connectivity index (χ4v) is 11.8. The van der Waals surface area contributed by atoms with Crippen LogP contribution in [0.25, 0.3) is 22.2 Å². The number of halogens is 2. The molecule has 2 fully saturated rings. The number of nitrogens with one attached hydrogen (secondary N) is 5. The van der Waals surface area contributed by atoms with E-state index >= 15 is 8.78 Å². The first kappa shape index (κ1) is 67.5. The maximum atomic E-state index is 16.6. The number of nitrogen functional groups attached to an aromatic ring is 1. The molecule has 5 aromatic rings. The summed E-state index contributed by atoms with van der Waals surface area (Å²) in [4.78, 5) is 146. The summed E-state index contributed by atoms with van der Waals surface area (Å²) in [5.74, 6) is -4.17. The number of phosphoric ester groups is 1. The average molecular weight is 1350 g/mol. The first-order valence-electron chi connectivity index (χ1n) is 28.0. The highest BCUT2D eigenvalue weighted by Gasteiger charge is 2.53. The maximum Gasteiger partial charge on any atom is 0.473 e. The lowest BCUT2D eigenvalue weighted by Gasteiger charge is -2.26. The number of anilines is 3. The van der Waals surface area contributed by atoms with Gasteiger partial charge in [-0.2, -0.15) is 0 Å². The molecule has 494 valence electrons. The Hall–Kier alpha value is -8.87. The smallest absolute Gasteiger partial charge is 0.465 e. The number of nitrogens with zero attached hydrogens (tertiary/aromatic N) is 9. The number of alkyl halides is 2. The van der Waals surface area contributed by atoms with Crippen molar-refractivity contribution in [1.82, 2.24) is 59.8 Å². The number of nitrogens with two attached hydrogens (primary N) is 2. The van der Waals surface area contributed by atoms with Gasteiger partial charge in [0.15, 0.2) is 47.4 Å². The number of unbranched alkanes of at least 4 members (excludes halogenated alkanes) is 1. The lowest BCUT2D eigenvalue weighted by molar-refractivity contribution is -0.137. The number of urea groups is 1. The minimum atomic E-state index is -5.27. The van der Waals surface area contributed by atoms with Crippen molar-refractivity contribution in [1.29, 1.82) is 0 Å². The summed E-state index contributed by atoms with van der Waals surface area (Å²) in [5, 5.41) is 13.2. The molecule has 0 radical (unpaired) electrons. The molecule has 4 aliphatic rings. The Bertz CT molecular complexity index is 3770. The molecule has 35 nitrogen and oxygen atoms in total. The molecule has 4 aromatic heterocycles. The van der Waals surface area contributed by atoms with Crippen molar-refractivity contribution in [3.05, 3.63) is 85.2 Å². The van der Waals surface area contributed by atoms with Crippen LogP contribution in [0.1, 0.15) is 57.6 Å². The maximum absolute atomic E-state index is 16.6. The molecule has 4 aliphatic heterocycles. The summed E-state index contributed by atoms with van der Waals surface area (Å²) in [5.41, 5.74) is 11.8. The number of fused-ring (bicyclic) bond motifs is 4. The minimum Gasteiger partial charge on any atom is -0.465 e. The lowest BCUT2D eigenvalue weighted by atomic mass is 10.0. The number of primary amides is 1. The molecule has 11 N–H and O–H groups in total. The molecule has 40 heteroatoms. The second-order valence-electron chi connectivity index (χ2n) is 21.2. The monoisotopic (exact) mass is 1350 g/mol. The number of rotatable bonds is 22. The molecule has 0 aliphatic carbocycles. The number of benzene rings is 1. The molecule has 2 unspecified atom stereocenters. The van der Waals surface area contributed by atoms with E-state index in [1.54, 1.807) is 26.0 Å².